The van der Waals surface area contributed by atoms with E-state index in [1.807, 2.05) is 0 Å². The molecule has 2 nitrogen and oxygen atoms in total. The summed E-state index contributed by atoms with van der Waals surface area (Å²) in [5.41, 5.74) is 0.270. The quantitative estimate of drug-likeness (QED) is 0.675. The van der Waals surface area contributed by atoms with Crippen molar-refractivity contribution in [3.05, 3.63) is 0 Å². The number of likely N-dealkylation sites (N-methyl/N-ethyl adjacent to an activating group) is 1. The average molecular weight is 198 g/mol. The number of nitrogens with zero attached hydrogens (tertiary/aromatic N) is 1. The first kappa shape index (κ1) is 12.0. The summed E-state index contributed by atoms with van der Waals surface area (Å²) in [7, 11) is 0. The largest absolute Gasteiger partial charge is 0.311 e. The molecule has 0 spiro atoms. The molecule has 1 saturated carbocycles. The fourth-order valence-corrected chi connectivity index (χ4v) is 2.16. The van der Waals surface area contributed by atoms with Gasteiger partial charge in [-0.05, 0) is 46.2 Å². The molecule has 0 atom stereocenters. The Morgan fingerprint density at radius 3 is 2.36 bits per heavy atom. The molecule has 1 aliphatic carbocycles. The van der Waals surface area contributed by atoms with Gasteiger partial charge in [0.15, 0.2) is 0 Å². The van der Waals surface area contributed by atoms with Gasteiger partial charge in [0, 0.05) is 18.1 Å². The fraction of sp³-hybridized carbons (Fsp3) is 1.00. The minimum Gasteiger partial charge on any atom is -0.311 e. The highest BCUT2D eigenvalue weighted by atomic mass is 15.2. The Hall–Kier alpha value is -0.0800. The van der Waals surface area contributed by atoms with Crippen LogP contribution in [0.15, 0.2) is 0 Å². The van der Waals surface area contributed by atoms with Gasteiger partial charge in [0.1, 0.15) is 0 Å². The molecule has 0 radical (unpaired) electrons. The topological polar surface area (TPSA) is 15.3 Å². The van der Waals surface area contributed by atoms with E-state index in [1.54, 1.807) is 0 Å². The second-order valence-corrected chi connectivity index (χ2v) is 5.12. The van der Waals surface area contributed by atoms with Crippen molar-refractivity contribution in [1.82, 2.24) is 10.2 Å². The molecule has 0 aromatic carbocycles. The molecule has 1 aliphatic rings. The van der Waals surface area contributed by atoms with Gasteiger partial charge in [-0.25, -0.2) is 0 Å². The Kier molecular flexibility index (Phi) is 4.39. The van der Waals surface area contributed by atoms with Crippen molar-refractivity contribution in [2.75, 3.05) is 19.6 Å². The van der Waals surface area contributed by atoms with Gasteiger partial charge in [0.05, 0.1) is 0 Å². The van der Waals surface area contributed by atoms with Crippen LogP contribution in [0.3, 0.4) is 0 Å². The van der Waals surface area contributed by atoms with Crippen molar-refractivity contribution in [1.29, 1.82) is 0 Å². The molecule has 0 heterocycles. The van der Waals surface area contributed by atoms with E-state index in [4.69, 9.17) is 0 Å². The maximum absolute atomic E-state index is 3.55. The molecule has 0 bridgehead atoms. The van der Waals surface area contributed by atoms with E-state index >= 15 is 0 Å². The summed E-state index contributed by atoms with van der Waals surface area (Å²) in [6.07, 6.45) is 4.11. The number of nitrogens with one attached hydrogen (secondary N) is 1. The summed E-state index contributed by atoms with van der Waals surface area (Å²) in [5.74, 6) is 0. The number of rotatable bonds is 7. The summed E-state index contributed by atoms with van der Waals surface area (Å²) in [5, 5.41) is 3.55. The van der Waals surface area contributed by atoms with E-state index < -0.39 is 0 Å². The maximum atomic E-state index is 3.55. The van der Waals surface area contributed by atoms with Gasteiger partial charge in [-0.2, -0.15) is 0 Å². The fourth-order valence-electron chi connectivity index (χ4n) is 2.16. The Bertz CT molecular complexity index is 162. The summed E-state index contributed by atoms with van der Waals surface area (Å²) in [6.45, 7) is 12.6. The van der Waals surface area contributed by atoms with Gasteiger partial charge in [-0.3, -0.25) is 4.90 Å². The zero-order valence-electron chi connectivity index (χ0n) is 10.3. The van der Waals surface area contributed by atoms with Gasteiger partial charge in [0.25, 0.3) is 0 Å². The van der Waals surface area contributed by atoms with E-state index in [2.05, 4.69) is 37.9 Å². The first-order valence-electron chi connectivity index (χ1n) is 6.08. The van der Waals surface area contributed by atoms with Gasteiger partial charge in [0.2, 0.25) is 0 Å². The number of hydrogen-bond donors (Lipinski definition) is 1. The standard InChI is InChI=1S/C12H26N2/c1-5-9-14(11-7-8-11)10-12(3,4)13-6-2/h11,13H,5-10H2,1-4H3. The molecule has 1 N–H and O–H groups in total. The maximum Gasteiger partial charge on any atom is 0.0252 e. The van der Waals surface area contributed by atoms with Gasteiger partial charge in [-0.1, -0.05) is 13.8 Å². The molecule has 0 aromatic rings. The molecule has 0 unspecified atom stereocenters. The summed E-state index contributed by atoms with van der Waals surface area (Å²) in [4.78, 5) is 2.66. The highest BCUT2D eigenvalue weighted by Gasteiger charge is 2.31. The van der Waals surface area contributed by atoms with Crippen LogP contribution in [0.5, 0.6) is 0 Å². The highest BCUT2D eigenvalue weighted by molar-refractivity contribution is 4.90. The summed E-state index contributed by atoms with van der Waals surface area (Å²) < 4.78 is 0. The molecule has 14 heavy (non-hydrogen) atoms. The van der Waals surface area contributed by atoms with E-state index in [1.165, 1.54) is 32.4 Å². The zero-order valence-corrected chi connectivity index (χ0v) is 10.3. The van der Waals surface area contributed by atoms with Crippen LogP contribution in [0.2, 0.25) is 0 Å². The summed E-state index contributed by atoms with van der Waals surface area (Å²) in [6, 6.07) is 0.896. The van der Waals surface area contributed by atoms with Crippen LogP contribution in [0.25, 0.3) is 0 Å². The minimum atomic E-state index is 0.270. The van der Waals surface area contributed by atoms with Crippen LogP contribution in [0.1, 0.15) is 47.0 Å². The molecule has 0 aliphatic heterocycles. The Labute approximate surface area is 89.1 Å². The lowest BCUT2D eigenvalue weighted by Gasteiger charge is -2.33. The van der Waals surface area contributed by atoms with Crippen molar-refractivity contribution in [2.45, 2.75) is 58.5 Å². The van der Waals surface area contributed by atoms with Crippen LogP contribution in [0.4, 0.5) is 0 Å². The van der Waals surface area contributed by atoms with E-state index in [0.29, 0.717) is 0 Å². The Balaban J connectivity index is 2.36. The van der Waals surface area contributed by atoms with Crippen LogP contribution in [0, 0.1) is 0 Å². The lowest BCUT2D eigenvalue weighted by atomic mass is 10.0. The third-order valence-corrected chi connectivity index (χ3v) is 2.83. The lowest BCUT2D eigenvalue weighted by Crippen LogP contribution is -2.49. The van der Waals surface area contributed by atoms with Crippen molar-refractivity contribution >= 4 is 0 Å². The molecule has 1 rings (SSSR count). The lowest BCUT2D eigenvalue weighted by molar-refractivity contribution is 0.194. The Morgan fingerprint density at radius 2 is 1.93 bits per heavy atom. The summed E-state index contributed by atoms with van der Waals surface area (Å²) >= 11 is 0. The van der Waals surface area contributed by atoms with Crippen LogP contribution in [-0.2, 0) is 0 Å². The zero-order chi connectivity index (χ0) is 10.6. The van der Waals surface area contributed by atoms with Gasteiger partial charge >= 0.3 is 0 Å². The van der Waals surface area contributed by atoms with E-state index in [0.717, 1.165) is 12.6 Å². The number of hydrogen-bond acceptors (Lipinski definition) is 2. The molecule has 84 valence electrons. The van der Waals surface area contributed by atoms with E-state index in [9.17, 15) is 0 Å². The second-order valence-electron chi connectivity index (χ2n) is 5.12. The van der Waals surface area contributed by atoms with Crippen molar-refractivity contribution < 1.29 is 0 Å². The molecule has 2 heteroatoms. The third kappa shape index (κ3) is 3.97. The molecular weight excluding hydrogens is 172 g/mol. The van der Waals surface area contributed by atoms with Gasteiger partial charge in [-0.15, -0.1) is 0 Å². The van der Waals surface area contributed by atoms with Crippen molar-refractivity contribution in [3.63, 3.8) is 0 Å². The SMILES string of the molecule is CCCN(CC(C)(C)NCC)C1CC1. The average Bonchev–Trinajstić information content (AvgIpc) is 2.84. The van der Waals surface area contributed by atoms with Crippen molar-refractivity contribution in [3.8, 4) is 0 Å². The molecule has 0 amide bonds. The smallest absolute Gasteiger partial charge is 0.0252 e. The van der Waals surface area contributed by atoms with Crippen LogP contribution >= 0.6 is 0 Å². The first-order chi connectivity index (χ1) is 6.59. The molecular formula is C12H26N2. The molecule has 1 fully saturated rings. The van der Waals surface area contributed by atoms with Gasteiger partial charge < -0.3 is 5.32 Å². The minimum absolute atomic E-state index is 0.270. The van der Waals surface area contributed by atoms with E-state index in [-0.39, 0.29) is 5.54 Å². The monoisotopic (exact) mass is 198 g/mol. The highest BCUT2D eigenvalue weighted by Crippen LogP contribution is 2.28. The predicted molar refractivity (Wildman–Crippen MR) is 62.6 cm³/mol. The molecule has 0 saturated heterocycles. The van der Waals surface area contributed by atoms with Crippen LogP contribution < -0.4 is 5.32 Å². The first-order valence-corrected chi connectivity index (χ1v) is 6.08. The molecule has 0 aromatic heterocycles. The predicted octanol–water partition coefficient (Wildman–Crippen LogP) is 2.25. The Morgan fingerprint density at radius 1 is 1.29 bits per heavy atom. The normalized spacial score (nSPS) is 17.8. The van der Waals surface area contributed by atoms with Crippen LogP contribution in [-0.4, -0.2) is 36.1 Å². The van der Waals surface area contributed by atoms with Crippen molar-refractivity contribution in [2.24, 2.45) is 0 Å². The third-order valence-electron chi connectivity index (χ3n) is 2.83. The second kappa shape index (κ2) is 5.13.